The average molecular weight is 284 g/mol. The molecule has 20 heavy (non-hydrogen) atoms. The van der Waals surface area contributed by atoms with Gasteiger partial charge in [0.05, 0.1) is 4.92 Å². The largest absolute Gasteiger partial charge is 0.481 e. The van der Waals surface area contributed by atoms with Crippen LogP contribution in [0, 0.1) is 15.9 Å². The van der Waals surface area contributed by atoms with Crippen LogP contribution < -0.4 is 10.1 Å². The molecule has 1 atom stereocenters. The minimum Gasteiger partial charge on any atom is -0.481 e. The molecule has 0 aromatic heterocycles. The highest BCUT2D eigenvalue weighted by atomic mass is 19.1. The average Bonchev–Trinajstić information content (AvgIpc) is 2.38. The van der Waals surface area contributed by atoms with Crippen molar-refractivity contribution in [1.82, 2.24) is 5.32 Å². The molecule has 1 N–H and O–H groups in total. The Hall–Kier alpha value is -2.18. The molecule has 0 spiro atoms. The SMILES string of the molecule is CCCCNC(=O)C(C)Oc1ccc([N+](=O)[O-])c(F)c1. The molecule has 1 rings (SSSR count). The van der Waals surface area contributed by atoms with Gasteiger partial charge in [0.25, 0.3) is 5.91 Å². The Morgan fingerprint density at radius 1 is 1.55 bits per heavy atom. The number of nitro groups is 1. The molecular formula is C13H17FN2O4. The van der Waals surface area contributed by atoms with E-state index in [1.165, 1.54) is 13.0 Å². The summed E-state index contributed by atoms with van der Waals surface area (Å²) in [5.41, 5.74) is -0.627. The molecule has 0 heterocycles. The normalized spacial score (nSPS) is 11.8. The monoisotopic (exact) mass is 284 g/mol. The van der Waals surface area contributed by atoms with Gasteiger partial charge in [-0.3, -0.25) is 14.9 Å². The molecule has 0 saturated heterocycles. The van der Waals surface area contributed by atoms with E-state index in [4.69, 9.17) is 4.74 Å². The first-order valence-electron chi connectivity index (χ1n) is 6.34. The summed E-state index contributed by atoms with van der Waals surface area (Å²) in [7, 11) is 0. The molecule has 110 valence electrons. The summed E-state index contributed by atoms with van der Waals surface area (Å²) < 4.78 is 18.6. The van der Waals surface area contributed by atoms with Crippen molar-refractivity contribution >= 4 is 11.6 Å². The number of nitrogens with zero attached hydrogens (tertiary/aromatic N) is 1. The number of unbranched alkanes of at least 4 members (excludes halogenated alkanes) is 1. The van der Waals surface area contributed by atoms with Crippen LogP contribution in [0.15, 0.2) is 18.2 Å². The number of hydrogen-bond donors (Lipinski definition) is 1. The highest BCUT2D eigenvalue weighted by molar-refractivity contribution is 5.80. The van der Waals surface area contributed by atoms with Crippen LogP contribution in [0.2, 0.25) is 0 Å². The molecule has 0 saturated carbocycles. The Morgan fingerprint density at radius 3 is 2.80 bits per heavy atom. The third-order valence-corrected chi connectivity index (χ3v) is 2.63. The fourth-order valence-corrected chi connectivity index (χ4v) is 1.50. The van der Waals surface area contributed by atoms with Crippen LogP contribution >= 0.6 is 0 Å². The molecule has 0 radical (unpaired) electrons. The van der Waals surface area contributed by atoms with Gasteiger partial charge in [0.15, 0.2) is 6.10 Å². The van der Waals surface area contributed by atoms with E-state index in [2.05, 4.69) is 5.32 Å². The number of nitrogens with one attached hydrogen (secondary N) is 1. The maximum absolute atomic E-state index is 13.4. The van der Waals surface area contributed by atoms with E-state index in [0.717, 1.165) is 25.0 Å². The Labute approximate surface area is 116 Å². The predicted octanol–water partition coefficient (Wildman–Crippen LogP) is 2.42. The lowest BCUT2D eigenvalue weighted by atomic mass is 10.3. The Morgan fingerprint density at radius 2 is 2.25 bits per heavy atom. The topological polar surface area (TPSA) is 81.5 Å². The predicted molar refractivity (Wildman–Crippen MR) is 71.1 cm³/mol. The van der Waals surface area contributed by atoms with Crippen LogP contribution in [0.3, 0.4) is 0 Å². The van der Waals surface area contributed by atoms with Gasteiger partial charge >= 0.3 is 5.69 Å². The first-order chi connectivity index (χ1) is 9.45. The molecule has 0 aliphatic carbocycles. The van der Waals surface area contributed by atoms with E-state index in [9.17, 15) is 19.3 Å². The van der Waals surface area contributed by atoms with Gasteiger partial charge in [-0.2, -0.15) is 4.39 Å². The number of nitro benzene ring substituents is 1. The Balaban J connectivity index is 2.62. The molecule has 1 amide bonds. The molecule has 6 nitrogen and oxygen atoms in total. The zero-order chi connectivity index (χ0) is 15.1. The molecule has 0 fully saturated rings. The molecular weight excluding hydrogens is 267 g/mol. The van der Waals surface area contributed by atoms with Crippen LogP contribution in [0.4, 0.5) is 10.1 Å². The van der Waals surface area contributed by atoms with Gasteiger partial charge in [-0.05, 0) is 19.4 Å². The van der Waals surface area contributed by atoms with E-state index < -0.39 is 22.5 Å². The van der Waals surface area contributed by atoms with Gasteiger partial charge in [0, 0.05) is 18.7 Å². The maximum Gasteiger partial charge on any atom is 0.305 e. The van der Waals surface area contributed by atoms with Crippen molar-refractivity contribution in [1.29, 1.82) is 0 Å². The molecule has 0 bridgehead atoms. The smallest absolute Gasteiger partial charge is 0.305 e. The van der Waals surface area contributed by atoms with E-state index >= 15 is 0 Å². The number of carbonyl (C=O) groups excluding carboxylic acids is 1. The number of amides is 1. The number of hydrogen-bond acceptors (Lipinski definition) is 4. The first kappa shape index (κ1) is 15.9. The summed E-state index contributed by atoms with van der Waals surface area (Å²) >= 11 is 0. The second kappa shape index (κ2) is 7.42. The summed E-state index contributed by atoms with van der Waals surface area (Å²) in [6.45, 7) is 4.09. The van der Waals surface area contributed by atoms with E-state index in [0.29, 0.717) is 6.54 Å². The second-order valence-electron chi connectivity index (χ2n) is 4.27. The zero-order valence-electron chi connectivity index (χ0n) is 11.4. The summed E-state index contributed by atoms with van der Waals surface area (Å²) in [5.74, 6) is -1.23. The molecule has 0 aliphatic heterocycles. The third kappa shape index (κ3) is 4.49. The Kier molecular flexibility index (Phi) is 5.89. The fourth-order valence-electron chi connectivity index (χ4n) is 1.50. The molecule has 1 aromatic rings. The van der Waals surface area contributed by atoms with Crippen molar-refractivity contribution in [3.05, 3.63) is 34.1 Å². The van der Waals surface area contributed by atoms with Crippen LogP contribution in [0.5, 0.6) is 5.75 Å². The molecule has 7 heteroatoms. The lowest BCUT2D eigenvalue weighted by Gasteiger charge is -2.14. The van der Waals surface area contributed by atoms with Gasteiger partial charge in [0.1, 0.15) is 5.75 Å². The zero-order valence-corrected chi connectivity index (χ0v) is 11.4. The highest BCUT2D eigenvalue weighted by Crippen LogP contribution is 2.23. The third-order valence-electron chi connectivity index (χ3n) is 2.63. The standard InChI is InChI=1S/C13H17FN2O4/c1-3-4-7-15-13(17)9(2)20-10-5-6-12(16(18)19)11(14)8-10/h5-6,8-9H,3-4,7H2,1-2H3,(H,15,17). The summed E-state index contributed by atoms with van der Waals surface area (Å²) in [4.78, 5) is 21.3. The quantitative estimate of drug-likeness (QED) is 0.473. The van der Waals surface area contributed by atoms with E-state index in [-0.39, 0.29) is 11.7 Å². The van der Waals surface area contributed by atoms with E-state index in [1.54, 1.807) is 0 Å². The van der Waals surface area contributed by atoms with Gasteiger partial charge in [0.2, 0.25) is 5.82 Å². The van der Waals surface area contributed by atoms with Crippen molar-refractivity contribution < 1.29 is 18.8 Å². The van der Waals surface area contributed by atoms with Crippen molar-refractivity contribution in [3.63, 3.8) is 0 Å². The molecule has 1 unspecified atom stereocenters. The van der Waals surface area contributed by atoms with E-state index in [1.807, 2.05) is 6.92 Å². The number of benzene rings is 1. The Bertz CT molecular complexity index is 493. The molecule has 1 aromatic carbocycles. The number of halogens is 1. The summed E-state index contributed by atoms with van der Waals surface area (Å²) in [5, 5.41) is 13.2. The van der Waals surface area contributed by atoms with Gasteiger partial charge in [-0.1, -0.05) is 13.3 Å². The number of carbonyl (C=O) groups is 1. The second-order valence-corrected chi connectivity index (χ2v) is 4.27. The maximum atomic E-state index is 13.4. The van der Waals surface area contributed by atoms with Crippen LogP contribution in [-0.4, -0.2) is 23.5 Å². The van der Waals surface area contributed by atoms with Crippen molar-refractivity contribution in [3.8, 4) is 5.75 Å². The fraction of sp³-hybridized carbons (Fsp3) is 0.462. The van der Waals surface area contributed by atoms with Crippen LogP contribution in [0.1, 0.15) is 26.7 Å². The molecule has 0 aliphatic rings. The minimum atomic E-state index is -0.994. The van der Waals surface area contributed by atoms with Gasteiger partial charge in [-0.15, -0.1) is 0 Å². The van der Waals surface area contributed by atoms with Crippen LogP contribution in [-0.2, 0) is 4.79 Å². The number of rotatable bonds is 7. The highest BCUT2D eigenvalue weighted by Gasteiger charge is 2.18. The first-order valence-corrected chi connectivity index (χ1v) is 6.34. The summed E-state index contributed by atoms with van der Waals surface area (Å²) in [6, 6.07) is 3.16. The van der Waals surface area contributed by atoms with Crippen molar-refractivity contribution in [2.24, 2.45) is 0 Å². The number of ether oxygens (including phenoxy) is 1. The lowest BCUT2D eigenvalue weighted by molar-refractivity contribution is -0.387. The van der Waals surface area contributed by atoms with Crippen LogP contribution in [0.25, 0.3) is 0 Å². The minimum absolute atomic E-state index is 0.0752. The van der Waals surface area contributed by atoms with Crippen molar-refractivity contribution in [2.45, 2.75) is 32.8 Å². The summed E-state index contributed by atoms with van der Waals surface area (Å²) in [6.07, 6.45) is 1.03. The lowest BCUT2D eigenvalue weighted by Crippen LogP contribution is -2.36. The van der Waals surface area contributed by atoms with Crippen molar-refractivity contribution in [2.75, 3.05) is 6.54 Å². The van der Waals surface area contributed by atoms with Gasteiger partial charge < -0.3 is 10.1 Å². The van der Waals surface area contributed by atoms with Gasteiger partial charge in [-0.25, -0.2) is 0 Å².